The standard InChI is InChI=1S/C7H7Cl2F9Si/c1-3(2,19(8)9)4(10,11)5(12,13)6(14,15)7(16,17)18/h19H,1-2H3. The van der Waals surface area contributed by atoms with Gasteiger partial charge < -0.3 is 0 Å². The summed E-state index contributed by atoms with van der Waals surface area (Å²) in [4.78, 5) is 0. The molecule has 19 heavy (non-hydrogen) atoms. The van der Waals surface area contributed by atoms with Crippen molar-refractivity contribution < 1.29 is 39.5 Å². The van der Waals surface area contributed by atoms with Gasteiger partial charge in [-0.25, -0.2) is 0 Å². The number of halogens is 11. The molecule has 0 heterocycles. The number of alkyl halides is 9. The molecule has 0 saturated heterocycles. The largest absolute Gasteiger partial charge is 0.460 e. The molecule has 0 radical (unpaired) electrons. The summed E-state index contributed by atoms with van der Waals surface area (Å²) < 4.78 is 113. The Bertz CT molecular complexity index is 336. The molecule has 0 nitrogen and oxygen atoms in total. The zero-order chi connectivity index (χ0) is 16.1. The smallest absolute Gasteiger partial charge is 0.199 e. The third kappa shape index (κ3) is 2.67. The van der Waals surface area contributed by atoms with Crippen LogP contribution in [0, 0.1) is 0 Å². The molecule has 0 unspecified atom stereocenters. The summed E-state index contributed by atoms with van der Waals surface area (Å²) in [7, 11) is -3.72. The van der Waals surface area contributed by atoms with Crippen LogP contribution in [0.25, 0.3) is 0 Å². The molecule has 0 saturated carbocycles. The van der Waals surface area contributed by atoms with Gasteiger partial charge in [-0.3, -0.25) is 0 Å². The lowest BCUT2D eigenvalue weighted by atomic mass is 9.93. The van der Waals surface area contributed by atoms with Crippen LogP contribution in [0.5, 0.6) is 0 Å². The maximum Gasteiger partial charge on any atom is 0.460 e. The van der Waals surface area contributed by atoms with Gasteiger partial charge in [0.15, 0.2) is 0 Å². The Morgan fingerprint density at radius 2 is 0.947 bits per heavy atom. The van der Waals surface area contributed by atoms with E-state index in [0.717, 1.165) is 0 Å². The quantitative estimate of drug-likeness (QED) is 0.378. The lowest BCUT2D eigenvalue weighted by molar-refractivity contribution is -0.400. The normalized spacial score (nSPS) is 16.1. The first-order chi connectivity index (χ1) is 7.94. The van der Waals surface area contributed by atoms with Crippen LogP contribution >= 0.6 is 22.2 Å². The molecule has 0 aliphatic rings. The van der Waals surface area contributed by atoms with Crippen molar-refractivity contribution in [3.63, 3.8) is 0 Å². The molecule has 0 rings (SSSR count). The minimum absolute atomic E-state index is 0.310. The van der Waals surface area contributed by atoms with E-state index in [0.29, 0.717) is 13.8 Å². The van der Waals surface area contributed by atoms with Crippen LogP contribution in [-0.2, 0) is 0 Å². The fraction of sp³-hybridized carbons (Fsp3) is 1.00. The molecule has 0 spiro atoms. The first kappa shape index (κ1) is 19.2. The monoisotopic (exact) mass is 360 g/mol. The summed E-state index contributed by atoms with van der Waals surface area (Å²) in [6.07, 6.45) is -6.84. The van der Waals surface area contributed by atoms with Gasteiger partial charge >= 0.3 is 23.9 Å². The highest BCUT2D eigenvalue weighted by Crippen LogP contribution is 2.61. The highest BCUT2D eigenvalue weighted by Gasteiger charge is 2.84. The van der Waals surface area contributed by atoms with E-state index in [1.807, 2.05) is 0 Å². The van der Waals surface area contributed by atoms with Crippen molar-refractivity contribution in [1.82, 2.24) is 0 Å². The molecule has 0 N–H and O–H groups in total. The Morgan fingerprint density at radius 1 is 0.632 bits per heavy atom. The lowest BCUT2D eigenvalue weighted by Gasteiger charge is -2.41. The fourth-order valence-electron chi connectivity index (χ4n) is 0.917. The van der Waals surface area contributed by atoms with E-state index in [9.17, 15) is 39.5 Å². The van der Waals surface area contributed by atoms with E-state index in [2.05, 4.69) is 0 Å². The van der Waals surface area contributed by atoms with Crippen LogP contribution in [0.3, 0.4) is 0 Å². The van der Waals surface area contributed by atoms with E-state index in [1.165, 1.54) is 0 Å². The summed E-state index contributed by atoms with van der Waals surface area (Å²) in [5.74, 6) is -19.4. The minimum atomic E-state index is -6.92. The van der Waals surface area contributed by atoms with Crippen molar-refractivity contribution in [3.05, 3.63) is 0 Å². The fourth-order valence-corrected chi connectivity index (χ4v) is 2.19. The summed E-state index contributed by atoms with van der Waals surface area (Å²) in [6, 6.07) is 0. The Balaban J connectivity index is 5.92. The van der Waals surface area contributed by atoms with Crippen LogP contribution in [0.1, 0.15) is 13.8 Å². The van der Waals surface area contributed by atoms with E-state index in [-0.39, 0.29) is 0 Å². The molecule has 0 aromatic rings. The van der Waals surface area contributed by atoms with E-state index in [4.69, 9.17) is 22.2 Å². The third-order valence-corrected chi connectivity index (χ3v) is 7.23. The minimum Gasteiger partial charge on any atom is -0.199 e. The second-order valence-electron chi connectivity index (χ2n) is 4.24. The summed E-state index contributed by atoms with van der Waals surface area (Å²) >= 11 is 10.2. The van der Waals surface area contributed by atoms with Crippen molar-refractivity contribution in [2.24, 2.45) is 0 Å². The Labute approximate surface area is 112 Å². The molecule has 0 amide bonds. The molecule has 0 atom stereocenters. The van der Waals surface area contributed by atoms with Gasteiger partial charge in [0.2, 0.25) is 7.42 Å². The van der Waals surface area contributed by atoms with Crippen molar-refractivity contribution in [1.29, 1.82) is 0 Å². The maximum absolute atomic E-state index is 13.4. The molecule has 0 fully saturated rings. The molecule has 0 aliphatic carbocycles. The van der Waals surface area contributed by atoms with Gasteiger partial charge in [0.25, 0.3) is 0 Å². The zero-order valence-electron chi connectivity index (χ0n) is 9.23. The number of hydrogen-bond acceptors (Lipinski definition) is 0. The molecule has 12 heteroatoms. The summed E-state index contributed by atoms with van der Waals surface area (Å²) in [5.41, 5.74) is 0. The maximum atomic E-state index is 13.4. The van der Waals surface area contributed by atoms with Crippen LogP contribution < -0.4 is 0 Å². The summed E-state index contributed by atoms with van der Waals surface area (Å²) in [5, 5.41) is -3.09. The number of rotatable bonds is 4. The average Bonchev–Trinajstić information content (AvgIpc) is 2.14. The van der Waals surface area contributed by atoms with Crippen LogP contribution in [0.2, 0.25) is 5.04 Å². The van der Waals surface area contributed by atoms with Gasteiger partial charge in [0, 0.05) is 0 Å². The van der Waals surface area contributed by atoms with Crippen LogP contribution in [0.4, 0.5) is 39.5 Å². The van der Waals surface area contributed by atoms with E-state index >= 15 is 0 Å². The van der Waals surface area contributed by atoms with Gasteiger partial charge in [-0.1, -0.05) is 13.8 Å². The second kappa shape index (κ2) is 4.87. The van der Waals surface area contributed by atoms with Crippen LogP contribution in [-0.4, -0.2) is 31.4 Å². The Hall–Kier alpha value is 0.167. The zero-order valence-corrected chi connectivity index (χ0v) is 11.9. The SMILES string of the molecule is CC(C)([SiH](Cl)Cl)C(F)(F)C(F)(F)C(F)(F)C(F)(F)F. The topological polar surface area (TPSA) is 0 Å². The predicted octanol–water partition coefficient (Wildman–Crippen LogP) is 4.93. The van der Waals surface area contributed by atoms with Crippen molar-refractivity contribution >= 4 is 29.6 Å². The van der Waals surface area contributed by atoms with Crippen LogP contribution in [0.15, 0.2) is 0 Å². The van der Waals surface area contributed by atoms with E-state index in [1.54, 1.807) is 0 Å². The molecular weight excluding hydrogens is 354 g/mol. The van der Waals surface area contributed by atoms with Gasteiger partial charge in [-0.05, 0) is 0 Å². The van der Waals surface area contributed by atoms with Gasteiger partial charge in [-0.2, -0.15) is 39.5 Å². The molecule has 0 bridgehead atoms. The molecule has 0 aromatic carbocycles. The molecular formula is C7H7Cl2F9Si. The predicted molar refractivity (Wildman–Crippen MR) is 53.8 cm³/mol. The Kier molecular flexibility index (Phi) is 4.91. The van der Waals surface area contributed by atoms with E-state index < -0.39 is 36.4 Å². The van der Waals surface area contributed by atoms with Gasteiger partial charge in [-0.15, -0.1) is 22.2 Å². The van der Waals surface area contributed by atoms with Gasteiger partial charge in [0.05, 0.1) is 5.04 Å². The van der Waals surface area contributed by atoms with Gasteiger partial charge in [0.1, 0.15) is 0 Å². The van der Waals surface area contributed by atoms with Crippen molar-refractivity contribution in [3.8, 4) is 0 Å². The first-order valence-corrected chi connectivity index (χ1v) is 8.49. The summed E-state index contributed by atoms with van der Waals surface area (Å²) in [6.45, 7) is 0.620. The van der Waals surface area contributed by atoms with Crippen molar-refractivity contribution in [2.45, 2.75) is 42.8 Å². The highest BCUT2D eigenvalue weighted by molar-refractivity contribution is 7.35. The number of hydrogen-bond donors (Lipinski definition) is 0. The average molecular weight is 361 g/mol. The molecule has 0 aliphatic heterocycles. The van der Waals surface area contributed by atoms with Crippen molar-refractivity contribution in [2.75, 3.05) is 0 Å². The molecule has 116 valence electrons. The second-order valence-corrected chi connectivity index (χ2v) is 9.58. The third-order valence-electron chi connectivity index (χ3n) is 2.50. The Morgan fingerprint density at radius 3 is 1.16 bits per heavy atom. The first-order valence-electron chi connectivity index (χ1n) is 4.43. The highest BCUT2D eigenvalue weighted by atomic mass is 35.7. The molecule has 0 aromatic heterocycles. The lowest BCUT2D eigenvalue weighted by Crippen LogP contribution is -2.64.